The second-order valence-corrected chi connectivity index (χ2v) is 13.4. The van der Waals surface area contributed by atoms with Crippen molar-refractivity contribution in [2.75, 3.05) is 0 Å². The van der Waals surface area contributed by atoms with E-state index < -0.39 is 0 Å². The maximum Gasteiger partial charge on any atom is 0.160 e. The molecule has 3 nitrogen and oxygen atoms in total. The molecule has 8 aromatic carbocycles. The largest absolute Gasteiger partial charge is 0.455 e. The van der Waals surface area contributed by atoms with Gasteiger partial charge in [0.1, 0.15) is 11.2 Å². The van der Waals surface area contributed by atoms with Gasteiger partial charge in [-0.15, -0.1) is 0 Å². The zero-order chi connectivity index (χ0) is 33.5. The number of fused-ring (bicyclic) bond motifs is 8. The molecule has 0 saturated heterocycles. The molecular formula is C48H28N2O. The number of hydrogen-bond donors (Lipinski definition) is 0. The Labute approximate surface area is 294 Å². The van der Waals surface area contributed by atoms with Gasteiger partial charge in [0.05, 0.1) is 11.4 Å². The second kappa shape index (κ2) is 10.8. The molecule has 2 aromatic heterocycles. The van der Waals surface area contributed by atoms with Crippen molar-refractivity contribution in [3.8, 4) is 67.3 Å². The van der Waals surface area contributed by atoms with Crippen molar-refractivity contribution >= 4 is 43.5 Å². The van der Waals surface area contributed by atoms with Crippen LogP contribution in [0.4, 0.5) is 0 Å². The number of rotatable bonds is 4. The van der Waals surface area contributed by atoms with Crippen LogP contribution in [0.1, 0.15) is 0 Å². The number of aromatic nitrogens is 2. The fraction of sp³-hybridized carbons (Fsp3) is 0. The third kappa shape index (κ3) is 4.38. The molecule has 0 fully saturated rings. The van der Waals surface area contributed by atoms with Crippen LogP contribution in [0.5, 0.6) is 0 Å². The fourth-order valence-corrected chi connectivity index (χ4v) is 7.95. The molecule has 0 N–H and O–H groups in total. The Kier molecular flexibility index (Phi) is 5.96. The van der Waals surface area contributed by atoms with Crippen molar-refractivity contribution in [1.29, 1.82) is 0 Å². The van der Waals surface area contributed by atoms with Crippen molar-refractivity contribution in [1.82, 2.24) is 9.97 Å². The van der Waals surface area contributed by atoms with Crippen molar-refractivity contribution in [2.24, 2.45) is 0 Å². The summed E-state index contributed by atoms with van der Waals surface area (Å²) >= 11 is 0. The van der Waals surface area contributed by atoms with E-state index in [0.29, 0.717) is 5.82 Å². The van der Waals surface area contributed by atoms with Crippen LogP contribution in [0, 0.1) is 0 Å². The van der Waals surface area contributed by atoms with Gasteiger partial charge in [-0.2, -0.15) is 0 Å². The van der Waals surface area contributed by atoms with E-state index in [9.17, 15) is 0 Å². The van der Waals surface area contributed by atoms with Gasteiger partial charge in [-0.3, -0.25) is 0 Å². The van der Waals surface area contributed by atoms with Crippen molar-refractivity contribution < 1.29 is 4.42 Å². The summed E-state index contributed by atoms with van der Waals surface area (Å²) in [5.74, 6) is 0.688. The fourth-order valence-electron chi connectivity index (χ4n) is 7.95. The standard InChI is InChI=1S/C48H28N2O/c1-2-10-31(11-3-1)48-49-42(35-16-6-15-33(26-35)34-20-19-29-9-4-5-12-32(29)25-34)28-43(50-48)36-21-22-37-40-24-23-39-38-17-7-13-30-14-8-18-41(45(30)38)46(39)47(40)51-44(37)27-36/h1-28H. The third-order valence-electron chi connectivity index (χ3n) is 10.4. The van der Waals surface area contributed by atoms with Crippen molar-refractivity contribution in [3.63, 3.8) is 0 Å². The normalized spacial score (nSPS) is 11.9. The summed E-state index contributed by atoms with van der Waals surface area (Å²) in [7, 11) is 0. The highest BCUT2D eigenvalue weighted by atomic mass is 16.3. The first-order valence-electron chi connectivity index (χ1n) is 17.3. The van der Waals surface area contributed by atoms with Gasteiger partial charge in [0.25, 0.3) is 0 Å². The molecule has 51 heavy (non-hydrogen) atoms. The Morgan fingerprint density at radius 3 is 1.88 bits per heavy atom. The van der Waals surface area contributed by atoms with Crippen LogP contribution in [0.15, 0.2) is 174 Å². The average molecular weight is 649 g/mol. The lowest BCUT2D eigenvalue weighted by Crippen LogP contribution is -1.96. The lowest BCUT2D eigenvalue weighted by Gasteiger charge is -2.11. The van der Waals surface area contributed by atoms with Gasteiger partial charge in [-0.1, -0.05) is 133 Å². The monoisotopic (exact) mass is 648 g/mol. The molecule has 0 unspecified atom stereocenters. The summed E-state index contributed by atoms with van der Waals surface area (Å²) < 4.78 is 6.80. The molecule has 0 bridgehead atoms. The first-order valence-corrected chi connectivity index (χ1v) is 17.3. The summed E-state index contributed by atoms with van der Waals surface area (Å²) in [5, 5.41) is 7.24. The maximum atomic E-state index is 6.80. The molecule has 0 radical (unpaired) electrons. The van der Waals surface area contributed by atoms with Crippen LogP contribution in [-0.4, -0.2) is 9.97 Å². The Morgan fingerprint density at radius 1 is 0.373 bits per heavy atom. The molecule has 0 aliphatic heterocycles. The number of furan rings is 1. The molecule has 0 spiro atoms. The van der Waals surface area contributed by atoms with Gasteiger partial charge in [0.2, 0.25) is 0 Å². The maximum absolute atomic E-state index is 6.80. The Morgan fingerprint density at radius 2 is 1.02 bits per heavy atom. The molecular weight excluding hydrogens is 621 g/mol. The summed E-state index contributed by atoms with van der Waals surface area (Å²) in [6, 6.07) is 60.1. The number of nitrogens with zero attached hydrogens (tertiary/aromatic N) is 2. The first kappa shape index (κ1) is 28.0. The average Bonchev–Trinajstić information content (AvgIpc) is 3.74. The quantitative estimate of drug-likeness (QED) is 0.191. The van der Waals surface area contributed by atoms with Crippen LogP contribution < -0.4 is 0 Å². The Hall–Kier alpha value is -6.84. The van der Waals surface area contributed by atoms with Crippen LogP contribution in [0.25, 0.3) is 111 Å². The molecule has 236 valence electrons. The van der Waals surface area contributed by atoms with E-state index in [1.807, 2.05) is 18.2 Å². The van der Waals surface area contributed by atoms with Gasteiger partial charge in [0.15, 0.2) is 5.82 Å². The lowest BCUT2D eigenvalue weighted by atomic mass is 9.98. The highest BCUT2D eigenvalue weighted by Gasteiger charge is 2.26. The summed E-state index contributed by atoms with van der Waals surface area (Å²) in [4.78, 5) is 10.3. The number of hydrogen-bond acceptors (Lipinski definition) is 3. The minimum atomic E-state index is 0.688. The van der Waals surface area contributed by atoms with Crippen LogP contribution in [0.3, 0.4) is 0 Å². The van der Waals surface area contributed by atoms with E-state index in [1.54, 1.807) is 0 Å². The third-order valence-corrected chi connectivity index (χ3v) is 10.4. The topological polar surface area (TPSA) is 38.9 Å². The minimum Gasteiger partial charge on any atom is -0.455 e. The molecule has 3 heteroatoms. The van der Waals surface area contributed by atoms with Crippen molar-refractivity contribution in [2.45, 2.75) is 0 Å². The second-order valence-electron chi connectivity index (χ2n) is 13.4. The minimum absolute atomic E-state index is 0.688. The first-order chi connectivity index (χ1) is 25.2. The Balaban J connectivity index is 1.06. The lowest BCUT2D eigenvalue weighted by molar-refractivity contribution is 0.670. The van der Waals surface area contributed by atoms with Crippen LogP contribution in [-0.2, 0) is 0 Å². The van der Waals surface area contributed by atoms with E-state index >= 15 is 0 Å². The predicted octanol–water partition coefficient (Wildman–Crippen LogP) is 13.0. The molecule has 2 heterocycles. The Bertz CT molecular complexity index is 3020. The van der Waals surface area contributed by atoms with E-state index in [-0.39, 0.29) is 0 Å². The molecule has 0 saturated carbocycles. The molecule has 1 aliphatic carbocycles. The van der Waals surface area contributed by atoms with Crippen LogP contribution in [0.2, 0.25) is 0 Å². The van der Waals surface area contributed by atoms with Gasteiger partial charge < -0.3 is 4.42 Å². The molecule has 1 aliphatic rings. The van der Waals surface area contributed by atoms with Crippen molar-refractivity contribution in [3.05, 3.63) is 170 Å². The summed E-state index contributed by atoms with van der Waals surface area (Å²) in [6.45, 7) is 0. The molecule has 0 amide bonds. The van der Waals surface area contributed by atoms with Crippen LogP contribution >= 0.6 is 0 Å². The molecule has 11 rings (SSSR count). The van der Waals surface area contributed by atoms with E-state index in [2.05, 4.69) is 152 Å². The summed E-state index contributed by atoms with van der Waals surface area (Å²) in [6.07, 6.45) is 0. The predicted molar refractivity (Wildman–Crippen MR) is 210 cm³/mol. The van der Waals surface area contributed by atoms with Gasteiger partial charge in [-0.25, -0.2) is 9.97 Å². The van der Waals surface area contributed by atoms with E-state index in [1.165, 1.54) is 49.4 Å². The molecule has 0 atom stereocenters. The zero-order valence-electron chi connectivity index (χ0n) is 27.5. The van der Waals surface area contributed by atoms with Gasteiger partial charge in [0, 0.05) is 33.0 Å². The molecule has 10 aromatic rings. The van der Waals surface area contributed by atoms with E-state index in [4.69, 9.17) is 14.4 Å². The zero-order valence-corrected chi connectivity index (χ0v) is 27.5. The number of benzene rings is 8. The van der Waals surface area contributed by atoms with Gasteiger partial charge >= 0.3 is 0 Å². The summed E-state index contributed by atoms with van der Waals surface area (Å²) in [5.41, 5.74) is 13.7. The smallest absolute Gasteiger partial charge is 0.160 e. The highest BCUT2D eigenvalue weighted by Crippen LogP contribution is 2.51. The SMILES string of the molecule is c1ccc(-c2nc(-c3cccc(-c4ccc5ccccc5c4)c3)cc(-c3ccc4c(c3)oc3c5c(ccc34)-c3cccc4cccc-5c34)n2)cc1. The van der Waals surface area contributed by atoms with Gasteiger partial charge in [-0.05, 0) is 85.8 Å². The van der Waals surface area contributed by atoms with E-state index in [0.717, 1.165) is 55.6 Å². The highest BCUT2D eigenvalue weighted by molar-refractivity contribution is 6.23.